The van der Waals surface area contributed by atoms with Crippen molar-refractivity contribution >= 4 is 34.2 Å². The van der Waals surface area contributed by atoms with Gasteiger partial charge in [0.05, 0.1) is 0 Å². The maximum atomic E-state index is 12.1. The minimum absolute atomic E-state index is 0. The molecule has 1 amide bonds. The molecule has 1 aromatic rings. The first-order chi connectivity index (χ1) is 8.58. The summed E-state index contributed by atoms with van der Waals surface area (Å²) in [5.74, 6) is 0.0869. The SMILES string of the molecule is CCC(Cc1ccccc1Br)C(=O)N[C@@H](C)CN.Cl. The number of hydrogen-bond acceptors (Lipinski definition) is 2. The summed E-state index contributed by atoms with van der Waals surface area (Å²) < 4.78 is 1.06. The topological polar surface area (TPSA) is 55.1 Å². The van der Waals surface area contributed by atoms with E-state index in [1.807, 2.05) is 38.1 Å². The van der Waals surface area contributed by atoms with Gasteiger partial charge in [-0.2, -0.15) is 0 Å². The number of nitrogens with one attached hydrogen (secondary N) is 1. The standard InChI is InChI=1S/C14H21BrN2O.ClH/c1-3-11(14(18)17-10(2)9-16)8-12-6-4-5-7-13(12)15;/h4-7,10-11H,3,8-9,16H2,1-2H3,(H,17,18);1H/t10-,11?;/m0./s1. The predicted octanol–water partition coefficient (Wildman–Crippen LogP) is 2.90. The molecule has 0 fully saturated rings. The molecule has 108 valence electrons. The van der Waals surface area contributed by atoms with Crippen molar-refractivity contribution in [2.45, 2.75) is 32.7 Å². The molecule has 1 rings (SSSR count). The van der Waals surface area contributed by atoms with Crippen molar-refractivity contribution in [3.05, 3.63) is 34.3 Å². The molecule has 0 aliphatic heterocycles. The van der Waals surface area contributed by atoms with Crippen LogP contribution in [0.4, 0.5) is 0 Å². The van der Waals surface area contributed by atoms with Crippen molar-refractivity contribution in [1.82, 2.24) is 5.32 Å². The Balaban J connectivity index is 0.00000324. The maximum Gasteiger partial charge on any atom is 0.223 e. The highest BCUT2D eigenvalue weighted by Gasteiger charge is 2.19. The van der Waals surface area contributed by atoms with Gasteiger partial charge in [0.2, 0.25) is 5.91 Å². The van der Waals surface area contributed by atoms with Gasteiger partial charge in [0.15, 0.2) is 0 Å². The molecular formula is C14H22BrClN2O. The fraction of sp³-hybridized carbons (Fsp3) is 0.500. The molecule has 19 heavy (non-hydrogen) atoms. The third-order valence-electron chi connectivity index (χ3n) is 3.03. The summed E-state index contributed by atoms with van der Waals surface area (Å²) in [4.78, 5) is 12.1. The maximum absolute atomic E-state index is 12.1. The number of amides is 1. The van der Waals surface area contributed by atoms with Gasteiger partial charge in [0.25, 0.3) is 0 Å². The highest BCUT2D eigenvalue weighted by molar-refractivity contribution is 9.10. The largest absolute Gasteiger partial charge is 0.352 e. The smallest absolute Gasteiger partial charge is 0.223 e. The van der Waals surface area contributed by atoms with Crippen LogP contribution in [0.25, 0.3) is 0 Å². The van der Waals surface area contributed by atoms with Crippen LogP contribution in [0, 0.1) is 5.92 Å². The monoisotopic (exact) mass is 348 g/mol. The van der Waals surface area contributed by atoms with Crippen LogP contribution in [-0.4, -0.2) is 18.5 Å². The van der Waals surface area contributed by atoms with E-state index in [0.29, 0.717) is 6.54 Å². The number of carbonyl (C=O) groups is 1. The molecule has 0 radical (unpaired) electrons. The Morgan fingerprint density at radius 3 is 2.58 bits per heavy atom. The fourth-order valence-corrected chi connectivity index (χ4v) is 2.22. The average molecular weight is 350 g/mol. The summed E-state index contributed by atoms with van der Waals surface area (Å²) in [5.41, 5.74) is 6.68. The van der Waals surface area contributed by atoms with Gasteiger partial charge < -0.3 is 11.1 Å². The fourth-order valence-electron chi connectivity index (χ4n) is 1.77. The summed E-state index contributed by atoms with van der Waals surface area (Å²) in [7, 11) is 0. The lowest BCUT2D eigenvalue weighted by atomic mass is 9.96. The number of halogens is 2. The Morgan fingerprint density at radius 1 is 1.42 bits per heavy atom. The van der Waals surface area contributed by atoms with Crippen molar-refractivity contribution < 1.29 is 4.79 Å². The van der Waals surface area contributed by atoms with Gasteiger partial charge in [-0.05, 0) is 31.4 Å². The molecule has 2 atom stereocenters. The quantitative estimate of drug-likeness (QED) is 0.829. The number of carbonyl (C=O) groups excluding carboxylic acids is 1. The average Bonchev–Trinajstić information content (AvgIpc) is 2.37. The zero-order chi connectivity index (χ0) is 13.5. The van der Waals surface area contributed by atoms with Crippen molar-refractivity contribution in [2.75, 3.05) is 6.54 Å². The van der Waals surface area contributed by atoms with E-state index in [1.165, 1.54) is 5.56 Å². The van der Waals surface area contributed by atoms with E-state index in [-0.39, 0.29) is 30.3 Å². The van der Waals surface area contributed by atoms with Crippen LogP contribution in [0.2, 0.25) is 0 Å². The van der Waals surface area contributed by atoms with E-state index in [4.69, 9.17) is 5.73 Å². The van der Waals surface area contributed by atoms with E-state index in [9.17, 15) is 4.79 Å². The van der Waals surface area contributed by atoms with Crippen molar-refractivity contribution in [1.29, 1.82) is 0 Å². The van der Waals surface area contributed by atoms with Gasteiger partial charge in [-0.3, -0.25) is 4.79 Å². The summed E-state index contributed by atoms with van der Waals surface area (Å²) >= 11 is 3.52. The van der Waals surface area contributed by atoms with E-state index in [2.05, 4.69) is 21.2 Å². The summed E-state index contributed by atoms with van der Waals surface area (Å²) in [6, 6.07) is 8.05. The number of benzene rings is 1. The first-order valence-electron chi connectivity index (χ1n) is 6.32. The van der Waals surface area contributed by atoms with E-state index >= 15 is 0 Å². The minimum Gasteiger partial charge on any atom is -0.352 e. The Morgan fingerprint density at radius 2 is 2.05 bits per heavy atom. The first kappa shape index (κ1) is 18.4. The van der Waals surface area contributed by atoms with Crippen LogP contribution in [0.5, 0.6) is 0 Å². The Hall–Kier alpha value is -0.580. The van der Waals surface area contributed by atoms with Crippen molar-refractivity contribution in [3.8, 4) is 0 Å². The number of nitrogens with two attached hydrogens (primary N) is 1. The minimum atomic E-state index is -0.00213. The molecule has 0 aromatic heterocycles. The highest BCUT2D eigenvalue weighted by atomic mass is 79.9. The van der Waals surface area contributed by atoms with Crippen LogP contribution in [-0.2, 0) is 11.2 Å². The number of rotatable bonds is 6. The lowest BCUT2D eigenvalue weighted by Crippen LogP contribution is -2.41. The van der Waals surface area contributed by atoms with E-state index in [1.54, 1.807) is 0 Å². The molecule has 0 saturated carbocycles. The molecule has 3 nitrogen and oxygen atoms in total. The van der Waals surface area contributed by atoms with Crippen LogP contribution in [0.15, 0.2) is 28.7 Å². The van der Waals surface area contributed by atoms with Crippen molar-refractivity contribution in [2.24, 2.45) is 11.7 Å². The second-order valence-electron chi connectivity index (χ2n) is 4.55. The Bertz CT molecular complexity index is 401. The van der Waals surface area contributed by atoms with E-state index in [0.717, 1.165) is 17.3 Å². The second kappa shape index (κ2) is 9.34. The molecule has 5 heteroatoms. The zero-order valence-electron chi connectivity index (χ0n) is 11.4. The Labute approximate surface area is 129 Å². The summed E-state index contributed by atoms with van der Waals surface area (Å²) in [5, 5.41) is 2.94. The third-order valence-corrected chi connectivity index (χ3v) is 3.80. The molecule has 0 saturated heterocycles. The molecule has 1 aromatic carbocycles. The normalized spacial score (nSPS) is 13.3. The molecule has 0 heterocycles. The summed E-state index contributed by atoms with van der Waals surface area (Å²) in [6.07, 6.45) is 1.57. The lowest BCUT2D eigenvalue weighted by Gasteiger charge is -2.18. The Kier molecular flexibility index (Phi) is 9.06. The van der Waals surface area contributed by atoms with Gasteiger partial charge in [0, 0.05) is 23.0 Å². The third kappa shape index (κ3) is 5.93. The predicted molar refractivity (Wildman–Crippen MR) is 85.5 cm³/mol. The molecule has 3 N–H and O–H groups in total. The second-order valence-corrected chi connectivity index (χ2v) is 5.40. The molecule has 0 spiro atoms. The lowest BCUT2D eigenvalue weighted by molar-refractivity contribution is -0.125. The molecular weight excluding hydrogens is 328 g/mol. The highest BCUT2D eigenvalue weighted by Crippen LogP contribution is 2.21. The molecule has 1 unspecified atom stereocenters. The van der Waals surface area contributed by atoms with Crippen molar-refractivity contribution in [3.63, 3.8) is 0 Å². The molecule has 0 aliphatic carbocycles. The zero-order valence-corrected chi connectivity index (χ0v) is 13.8. The molecule has 0 bridgehead atoms. The van der Waals surface area contributed by atoms with Crippen LogP contribution < -0.4 is 11.1 Å². The number of hydrogen-bond donors (Lipinski definition) is 2. The van der Waals surface area contributed by atoms with Gasteiger partial charge in [-0.1, -0.05) is 41.1 Å². The van der Waals surface area contributed by atoms with Gasteiger partial charge >= 0.3 is 0 Å². The van der Waals surface area contributed by atoms with E-state index < -0.39 is 0 Å². The van der Waals surface area contributed by atoms with Gasteiger partial charge in [-0.25, -0.2) is 0 Å². The molecule has 0 aliphatic rings. The van der Waals surface area contributed by atoms with Gasteiger partial charge in [0.1, 0.15) is 0 Å². The van der Waals surface area contributed by atoms with Crippen LogP contribution in [0.1, 0.15) is 25.8 Å². The summed E-state index contributed by atoms with van der Waals surface area (Å²) in [6.45, 7) is 4.43. The first-order valence-corrected chi connectivity index (χ1v) is 7.11. The van der Waals surface area contributed by atoms with Gasteiger partial charge in [-0.15, -0.1) is 12.4 Å². The van der Waals surface area contributed by atoms with Crippen LogP contribution >= 0.6 is 28.3 Å². The van der Waals surface area contributed by atoms with Crippen LogP contribution in [0.3, 0.4) is 0 Å².